The number of hydrogen-bond donors (Lipinski definition) is 6. The van der Waals surface area contributed by atoms with Crippen molar-refractivity contribution in [1.82, 2.24) is 16.0 Å². The molecule has 0 aromatic heterocycles. The average Bonchev–Trinajstić information content (AvgIpc) is 2.78. The van der Waals surface area contributed by atoms with Crippen LogP contribution in [0, 0.1) is 0 Å². The van der Waals surface area contributed by atoms with Crippen LogP contribution in [-0.4, -0.2) is 76.0 Å². The summed E-state index contributed by atoms with van der Waals surface area (Å²) >= 11 is 1.43. The summed E-state index contributed by atoms with van der Waals surface area (Å²) in [5, 5.41) is 25.6. The monoisotopic (exact) mass is 496 g/mol. The van der Waals surface area contributed by atoms with Crippen LogP contribution in [0.25, 0.3) is 0 Å². The van der Waals surface area contributed by atoms with Crippen LogP contribution in [0.1, 0.15) is 31.7 Å². The summed E-state index contributed by atoms with van der Waals surface area (Å²) in [5.41, 5.74) is 6.39. The van der Waals surface area contributed by atoms with E-state index in [9.17, 15) is 29.1 Å². The predicted octanol–water partition coefficient (Wildman–Crippen LogP) is -0.267. The van der Waals surface area contributed by atoms with Crippen LogP contribution >= 0.6 is 11.8 Å². The molecule has 4 atom stereocenters. The standard InChI is InChI=1S/C22H32N4O7S/c1-13(23)19(29)26-17(12-14-6-4-3-5-7-14)21(31)24-15(10-11-34-2)20(30)25-16(22(32)33)8-9-18(27)28/h3-7,13,15-17H,8-12,23H2,1-2H3,(H,24,31)(H,25,30)(H,26,29)(H,27,28)(H,32,33). The molecule has 0 heterocycles. The summed E-state index contributed by atoms with van der Waals surface area (Å²) in [5.74, 6) is -4.01. The van der Waals surface area contributed by atoms with Crippen molar-refractivity contribution < 1.29 is 34.2 Å². The fraction of sp³-hybridized carbons (Fsp3) is 0.500. The number of carboxylic acids is 2. The van der Waals surface area contributed by atoms with E-state index in [0.717, 1.165) is 5.56 Å². The highest BCUT2D eigenvalue weighted by atomic mass is 32.2. The van der Waals surface area contributed by atoms with Gasteiger partial charge in [0.2, 0.25) is 17.7 Å². The van der Waals surface area contributed by atoms with Crippen LogP contribution < -0.4 is 21.7 Å². The molecule has 0 aliphatic carbocycles. The zero-order chi connectivity index (χ0) is 25.7. The highest BCUT2D eigenvalue weighted by Crippen LogP contribution is 2.07. The second-order valence-electron chi connectivity index (χ2n) is 7.71. The first-order chi connectivity index (χ1) is 16.0. The lowest BCUT2D eigenvalue weighted by atomic mass is 10.0. The second kappa shape index (κ2) is 14.9. The summed E-state index contributed by atoms with van der Waals surface area (Å²) < 4.78 is 0. The lowest BCUT2D eigenvalue weighted by Gasteiger charge is -2.25. The van der Waals surface area contributed by atoms with Gasteiger partial charge in [-0.05, 0) is 37.3 Å². The van der Waals surface area contributed by atoms with Gasteiger partial charge >= 0.3 is 11.9 Å². The van der Waals surface area contributed by atoms with Crippen molar-refractivity contribution in [2.45, 2.75) is 56.8 Å². The van der Waals surface area contributed by atoms with Crippen molar-refractivity contribution in [3.8, 4) is 0 Å². The van der Waals surface area contributed by atoms with Crippen LogP contribution in [-0.2, 0) is 30.4 Å². The summed E-state index contributed by atoms with van der Waals surface area (Å²) in [4.78, 5) is 60.3. The van der Waals surface area contributed by atoms with E-state index in [0.29, 0.717) is 5.75 Å². The quantitative estimate of drug-likeness (QED) is 0.190. The van der Waals surface area contributed by atoms with Gasteiger partial charge in [-0.15, -0.1) is 0 Å². The molecule has 0 saturated heterocycles. The minimum absolute atomic E-state index is 0.151. The number of carboxylic acid groups (broad SMARTS) is 2. The molecule has 188 valence electrons. The maximum absolute atomic E-state index is 13.1. The number of thioether (sulfide) groups is 1. The van der Waals surface area contributed by atoms with Crippen LogP contribution in [0.15, 0.2) is 30.3 Å². The average molecular weight is 497 g/mol. The second-order valence-corrected chi connectivity index (χ2v) is 8.70. The van der Waals surface area contributed by atoms with E-state index in [2.05, 4.69) is 16.0 Å². The molecule has 0 bridgehead atoms. The summed E-state index contributed by atoms with van der Waals surface area (Å²) in [6.07, 6.45) is 1.41. The van der Waals surface area contributed by atoms with Gasteiger partial charge in [-0.25, -0.2) is 4.79 Å². The maximum atomic E-state index is 13.1. The van der Waals surface area contributed by atoms with Gasteiger partial charge in [0, 0.05) is 12.8 Å². The number of amides is 3. The Bertz CT molecular complexity index is 851. The molecule has 11 nitrogen and oxygen atoms in total. The van der Waals surface area contributed by atoms with Gasteiger partial charge in [-0.3, -0.25) is 19.2 Å². The van der Waals surface area contributed by atoms with Crippen LogP contribution in [0.3, 0.4) is 0 Å². The molecule has 0 fully saturated rings. The Balaban J connectivity index is 3.01. The smallest absolute Gasteiger partial charge is 0.326 e. The van der Waals surface area contributed by atoms with Gasteiger partial charge in [0.05, 0.1) is 6.04 Å². The van der Waals surface area contributed by atoms with Crippen molar-refractivity contribution in [3.05, 3.63) is 35.9 Å². The van der Waals surface area contributed by atoms with E-state index < -0.39 is 60.2 Å². The van der Waals surface area contributed by atoms with Crippen molar-refractivity contribution in [1.29, 1.82) is 0 Å². The number of rotatable bonds is 15. The number of nitrogens with one attached hydrogen (secondary N) is 3. The Labute approximate surface area is 202 Å². The molecule has 0 aliphatic rings. The van der Waals surface area contributed by atoms with Crippen LogP contribution in [0.2, 0.25) is 0 Å². The summed E-state index contributed by atoms with van der Waals surface area (Å²) in [6, 6.07) is 4.58. The first-order valence-corrected chi connectivity index (χ1v) is 12.1. The van der Waals surface area contributed by atoms with Gasteiger partial charge < -0.3 is 31.9 Å². The zero-order valence-electron chi connectivity index (χ0n) is 19.2. The number of carbonyl (C=O) groups is 5. The minimum Gasteiger partial charge on any atom is -0.481 e. The number of aliphatic carboxylic acids is 2. The van der Waals surface area contributed by atoms with E-state index in [1.54, 1.807) is 24.3 Å². The van der Waals surface area contributed by atoms with Crippen molar-refractivity contribution >= 4 is 41.4 Å². The maximum Gasteiger partial charge on any atom is 0.326 e. The first-order valence-electron chi connectivity index (χ1n) is 10.7. The predicted molar refractivity (Wildman–Crippen MR) is 127 cm³/mol. The highest BCUT2D eigenvalue weighted by Gasteiger charge is 2.30. The SMILES string of the molecule is CSCCC(NC(=O)C(Cc1ccccc1)NC(=O)C(C)N)C(=O)NC(CCC(=O)O)C(=O)O. The number of hydrogen-bond acceptors (Lipinski definition) is 7. The topological polar surface area (TPSA) is 188 Å². The number of benzene rings is 1. The van der Waals surface area contributed by atoms with E-state index in [-0.39, 0.29) is 19.3 Å². The Morgan fingerprint density at radius 2 is 1.44 bits per heavy atom. The third-order valence-corrected chi connectivity index (χ3v) is 5.48. The van der Waals surface area contributed by atoms with Gasteiger partial charge in [0.25, 0.3) is 0 Å². The van der Waals surface area contributed by atoms with E-state index >= 15 is 0 Å². The normalized spacial score (nSPS) is 14.2. The molecule has 0 saturated carbocycles. The molecule has 0 aliphatic heterocycles. The zero-order valence-corrected chi connectivity index (χ0v) is 20.0. The van der Waals surface area contributed by atoms with Crippen molar-refractivity contribution in [3.63, 3.8) is 0 Å². The van der Waals surface area contributed by atoms with E-state index in [1.807, 2.05) is 12.3 Å². The first kappa shape index (κ1) is 28.9. The van der Waals surface area contributed by atoms with E-state index in [4.69, 9.17) is 10.8 Å². The number of carbonyl (C=O) groups excluding carboxylic acids is 3. The Hall–Kier alpha value is -3.12. The molecular formula is C22H32N4O7S. The molecule has 0 radical (unpaired) electrons. The lowest BCUT2D eigenvalue weighted by Crippen LogP contribution is -2.57. The summed E-state index contributed by atoms with van der Waals surface area (Å²) in [6.45, 7) is 1.48. The molecule has 7 N–H and O–H groups in total. The van der Waals surface area contributed by atoms with Gasteiger partial charge in [0.1, 0.15) is 18.1 Å². The van der Waals surface area contributed by atoms with Crippen LogP contribution in [0.5, 0.6) is 0 Å². The fourth-order valence-electron chi connectivity index (χ4n) is 2.94. The molecule has 0 spiro atoms. The largest absolute Gasteiger partial charge is 0.481 e. The number of nitrogens with two attached hydrogens (primary N) is 1. The van der Waals surface area contributed by atoms with Gasteiger partial charge in [0.15, 0.2) is 0 Å². The van der Waals surface area contributed by atoms with Crippen molar-refractivity contribution in [2.24, 2.45) is 5.73 Å². The third kappa shape index (κ3) is 10.7. The van der Waals surface area contributed by atoms with Gasteiger partial charge in [-0.1, -0.05) is 30.3 Å². The Kier molecular flexibility index (Phi) is 12.7. The molecule has 1 aromatic carbocycles. The van der Waals surface area contributed by atoms with Gasteiger partial charge in [-0.2, -0.15) is 11.8 Å². The van der Waals surface area contributed by atoms with Crippen LogP contribution in [0.4, 0.5) is 0 Å². The Morgan fingerprint density at radius 1 is 0.882 bits per heavy atom. The molecule has 12 heteroatoms. The molecular weight excluding hydrogens is 464 g/mol. The summed E-state index contributed by atoms with van der Waals surface area (Å²) in [7, 11) is 0. The molecule has 3 amide bonds. The molecule has 34 heavy (non-hydrogen) atoms. The molecule has 4 unspecified atom stereocenters. The molecule has 1 rings (SSSR count). The third-order valence-electron chi connectivity index (χ3n) is 4.83. The highest BCUT2D eigenvalue weighted by molar-refractivity contribution is 7.98. The Morgan fingerprint density at radius 3 is 1.97 bits per heavy atom. The lowest BCUT2D eigenvalue weighted by molar-refractivity contribution is -0.143. The minimum atomic E-state index is -1.42. The fourth-order valence-corrected chi connectivity index (χ4v) is 3.41. The van der Waals surface area contributed by atoms with Crippen molar-refractivity contribution in [2.75, 3.05) is 12.0 Å². The molecule has 1 aromatic rings. The van der Waals surface area contributed by atoms with E-state index in [1.165, 1.54) is 18.7 Å².